The zero-order valence-electron chi connectivity index (χ0n) is 10.1. The van der Waals surface area contributed by atoms with Crippen LogP contribution in [-0.4, -0.2) is 23.5 Å². The third kappa shape index (κ3) is 3.22. The van der Waals surface area contributed by atoms with Crippen LogP contribution in [0, 0.1) is 0 Å². The molecule has 2 N–H and O–H groups in total. The van der Waals surface area contributed by atoms with E-state index in [-0.39, 0.29) is 24.4 Å². The number of rotatable bonds is 3. The van der Waals surface area contributed by atoms with Gasteiger partial charge in [0.05, 0.1) is 11.7 Å². The molecule has 0 unspecified atom stereocenters. The lowest BCUT2D eigenvalue weighted by molar-refractivity contribution is -0.118. The van der Waals surface area contributed by atoms with E-state index in [0.29, 0.717) is 5.92 Å². The zero-order chi connectivity index (χ0) is 11.7. The van der Waals surface area contributed by atoms with Crippen molar-refractivity contribution in [1.29, 1.82) is 0 Å². The van der Waals surface area contributed by atoms with E-state index in [2.05, 4.69) is 21.0 Å². The van der Waals surface area contributed by atoms with Crippen LogP contribution in [0.15, 0.2) is 5.38 Å². The molecule has 1 atom stereocenters. The van der Waals surface area contributed by atoms with E-state index < -0.39 is 0 Å². The van der Waals surface area contributed by atoms with Crippen molar-refractivity contribution in [2.24, 2.45) is 0 Å². The van der Waals surface area contributed by atoms with E-state index in [1.165, 1.54) is 30.6 Å². The summed E-state index contributed by atoms with van der Waals surface area (Å²) in [5.41, 5.74) is 1.15. The third-order valence-electron chi connectivity index (χ3n) is 3.37. The Morgan fingerprint density at radius 3 is 2.89 bits per heavy atom. The molecule has 2 fully saturated rings. The second-order valence-electron chi connectivity index (χ2n) is 4.84. The predicted octanol–water partition coefficient (Wildman–Crippen LogP) is 2.52. The maximum Gasteiger partial charge on any atom is 0.243 e. The maximum atomic E-state index is 12.0. The molecule has 0 spiro atoms. The van der Waals surface area contributed by atoms with Crippen LogP contribution < -0.4 is 10.6 Å². The summed E-state index contributed by atoms with van der Waals surface area (Å²) in [6.45, 7) is 0.948. The number of anilines is 1. The van der Waals surface area contributed by atoms with Gasteiger partial charge in [-0.1, -0.05) is 6.42 Å². The molecule has 1 aromatic heterocycles. The number of nitrogens with one attached hydrogen (secondary N) is 2. The number of carbonyl (C=O) groups excluding carboxylic acids is 1. The SMILES string of the molecule is Cl.O=C(Nc1nc(C2CC2)cs1)[C@@H]1CCCCN1. The second kappa shape index (κ2) is 5.99. The van der Waals surface area contributed by atoms with Gasteiger partial charge in [-0.3, -0.25) is 4.79 Å². The van der Waals surface area contributed by atoms with Crippen molar-refractivity contribution in [3.63, 3.8) is 0 Å². The van der Waals surface area contributed by atoms with Gasteiger partial charge in [0.2, 0.25) is 5.91 Å². The van der Waals surface area contributed by atoms with E-state index in [1.54, 1.807) is 0 Å². The summed E-state index contributed by atoms with van der Waals surface area (Å²) in [5, 5.41) is 8.99. The number of nitrogens with zero attached hydrogens (tertiary/aromatic N) is 1. The molecule has 1 saturated carbocycles. The van der Waals surface area contributed by atoms with Crippen LogP contribution in [0.1, 0.15) is 43.7 Å². The molecule has 1 saturated heterocycles. The van der Waals surface area contributed by atoms with Gasteiger partial charge in [0.15, 0.2) is 5.13 Å². The molecule has 4 nitrogen and oxygen atoms in total. The monoisotopic (exact) mass is 287 g/mol. The van der Waals surface area contributed by atoms with Crippen molar-refractivity contribution in [3.05, 3.63) is 11.1 Å². The maximum absolute atomic E-state index is 12.0. The molecular weight excluding hydrogens is 270 g/mol. The molecule has 18 heavy (non-hydrogen) atoms. The van der Waals surface area contributed by atoms with Gasteiger partial charge in [0, 0.05) is 11.3 Å². The summed E-state index contributed by atoms with van der Waals surface area (Å²) in [7, 11) is 0. The van der Waals surface area contributed by atoms with Gasteiger partial charge in [-0.2, -0.15) is 0 Å². The van der Waals surface area contributed by atoms with Crippen molar-refractivity contribution in [1.82, 2.24) is 10.3 Å². The second-order valence-corrected chi connectivity index (χ2v) is 5.70. The minimum absolute atomic E-state index is 0. The van der Waals surface area contributed by atoms with Crippen molar-refractivity contribution in [3.8, 4) is 0 Å². The summed E-state index contributed by atoms with van der Waals surface area (Å²) < 4.78 is 0. The Morgan fingerprint density at radius 2 is 2.22 bits per heavy atom. The molecule has 3 rings (SSSR count). The summed E-state index contributed by atoms with van der Waals surface area (Å²) in [4.78, 5) is 16.4. The molecule has 1 amide bonds. The first-order valence-corrected chi connectivity index (χ1v) is 7.20. The number of aromatic nitrogens is 1. The topological polar surface area (TPSA) is 54.0 Å². The molecule has 2 heterocycles. The van der Waals surface area contributed by atoms with E-state index >= 15 is 0 Å². The summed E-state index contributed by atoms with van der Waals surface area (Å²) in [5.74, 6) is 0.728. The van der Waals surface area contributed by atoms with Crippen LogP contribution in [0.5, 0.6) is 0 Å². The molecule has 1 aromatic rings. The van der Waals surface area contributed by atoms with E-state index in [0.717, 1.165) is 30.2 Å². The quantitative estimate of drug-likeness (QED) is 0.898. The summed E-state index contributed by atoms with van der Waals surface area (Å²) >= 11 is 1.54. The first-order valence-electron chi connectivity index (χ1n) is 6.32. The molecule has 1 aliphatic carbocycles. The normalized spacial score (nSPS) is 23.2. The molecule has 1 aliphatic heterocycles. The number of carbonyl (C=O) groups is 1. The smallest absolute Gasteiger partial charge is 0.243 e. The molecule has 100 valence electrons. The molecule has 2 aliphatic rings. The predicted molar refractivity (Wildman–Crippen MR) is 75.6 cm³/mol. The van der Waals surface area contributed by atoms with E-state index in [1.807, 2.05) is 0 Å². The van der Waals surface area contributed by atoms with Gasteiger partial charge >= 0.3 is 0 Å². The average molecular weight is 288 g/mol. The molecule has 6 heteroatoms. The lowest BCUT2D eigenvalue weighted by atomic mass is 10.0. The number of hydrogen-bond acceptors (Lipinski definition) is 4. The Labute approximate surface area is 117 Å². The van der Waals surface area contributed by atoms with Crippen molar-refractivity contribution < 1.29 is 4.79 Å². The Kier molecular flexibility index (Phi) is 4.59. The molecule has 0 bridgehead atoms. The fourth-order valence-corrected chi connectivity index (χ4v) is 2.97. The molecule has 0 aromatic carbocycles. The standard InChI is InChI=1S/C12H17N3OS.ClH/c16-11(9-3-1-2-6-13-9)15-12-14-10(7-17-12)8-4-5-8;/h7-9,13H,1-6H2,(H,14,15,16);1H/t9-;/m0./s1. The minimum Gasteiger partial charge on any atom is -0.306 e. The van der Waals surface area contributed by atoms with Crippen LogP contribution in [-0.2, 0) is 4.79 Å². The lowest BCUT2D eigenvalue weighted by Gasteiger charge is -2.21. The Bertz CT molecular complexity index is 413. The van der Waals surface area contributed by atoms with E-state index in [9.17, 15) is 4.79 Å². The number of halogens is 1. The van der Waals surface area contributed by atoms with Gasteiger partial charge in [0.1, 0.15) is 0 Å². The van der Waals surface area contributed by atoms with Crippen LogP contribution in [0.4, 0.5) is 5.13 Å². The Hall–Kier alpha value is -0.650. The fourth-order valence-electron chi connectivity index (χ4n) is 2.18. The van der Waals surface area contributed by atoms with Gasteiger partial charge in [-0.15, -0.1) is 23.7 Å². The average Bonchev–Trinajstić information content (AvgIpc) is 3.12. The first-order chi connectivity index (χ1) is 8.33. The van der Waals surface area contributed by atoms with Crippen molar-refractivity contribution >= 4 is 34.8 Å². The van der Waals surface area contributed by atoms with Crippen molar-refractivity contribution in [2.45, 2.75) is 44.1 Å². The first kappa shape index (κ1) is 13.8. The number of hydrogen-bond donors (Lipinski definition) is 2. The Balaban J connectivity index is 0.00000120. The highest BCUT2D eigenvalue weighted by atomic mass is 35.5. The van der Waals surface area contributed by atoms with Gasteiger partial charge < -0.3 is 10.6 Å². The van der Waals surface area contributed by atoms with Crippen molar-refractivity contribution in [2.75, 3.05) is 11.9 Å². The third-order valence-corrected chi connectivity index (χ3v) is 4.15. The Morgan fingerprint density at radius 1 is 1.39 bits per heavy atom. The molecule has 0 radical (unpaired) electrons. The van der Waals surface area contributed by atoms with Gasteiger partial charge in [0.25, 0.3) is 0 Å². The highest BCUT2D eigenvalue weighted by Gasteiger charge is 2.27. The zero-order valence-corrected chi connectivity index (χ0v) is 11.8. The number of amides is 1. The van der Waals surface area contributed by atoms with Crippen LogP contribution in [0.25, 0.3) is 0 Å². The molecular formula is C12H18ClN3OS. The number of thiazole rings is 1. The van der Waals surface area contributed by atoms with E-state index in [4.69, 9.17) is 0 Å². The summed E-state index contributed by atoms with van der Waals surface area (Å²) in [6, 6.07) is -0.0305. The highest BCUT2D eigenvalue weighted by Crippen LogP contribution is 2.40. The fraction of sp³-hybridized carbons (Fsp3) is 0.667. The van der Waals surface area contributed by atoms with Crippen LogP contribution in [0.2, 0.25) is 0 Å². The van der Waals surface area contributed by atoms with Crippen LogP contribution >= 0.6 is 23.7 Å². The summed E-state index contributed by atoms with van der Waals surface area (Å²) in [6.07, 6.45) is 5.75. The van der Waals surface area contributed by atoms with Crippen LogP contribution in [0.3, 0.4) is 0 Å². The van der Waals surface area contributed by atoms with Gasteiger partial charge in [-0.05, 0) is 32.2 Å². The van der Waals surface area contributed by atoms with Gasteiger partial charge in [-0.25, -0.2) is 4.98 Å². The lowest BCUT2D eigenvalue weighted by Crippen LogP contribution is -2.43. The highest BCUT2D eigenvalue weighted by molar-refractivity contribution is 7.13. The largest absolute Gasteiger partial charge is 0.306 e. The number of piperidine rings is 1. The minimum atomic E-state index is -0.0305.